The Morgan fingerprint density at radius 3 is 2.07 bits per heavy atom. The van der Waals surface area contributed by atoms with Gasteiger partial charge in [0.05, 0.1) is 37.2 Å². The van der Waals surface area contributed by atoms with Crippen molar-refractivity contribution in [2.75, 3.05) is 21.3 Å². The minimum atomic E-state index is -3.59. The first-order valence-electron chi connectivity index (χ1n) is 9.04. The van der Waals surface area contributed by atoms with E-state index in [1.807, 2.05) is 0 Å². The number of methoxy groups -OCH3 is 3. The van der Waals surface area contributed by atoms with E-state index in [9.17, 15) is 13.2 Å². The molecule has 0 aliphatic rings. The molecule has 2 aromatic rings. The van der Waals surface area contributed by atoms with Crippen LogP contribution in [0.5, 0.6) is 17.2 Å². The predicted molar refractivity (Wildman–Crippen MR) is 115 cm³/mol. The zero-order valence-corrected chi connectivity index (χ0v) is 18.7. The molecule has 0 fully saturated rings. The number of rotatable bonds is 7. The van der Waals surface area contributed by atoms with Gasteiger partial charge in [-0.3, -0.25) is 4.79 Å². The molecule has 0 spiro atoms. The summed E-state index contributed by atoms with van der Waals surface area (Å²) < 4.78 is 40.3. The minimum absolute atomic E-state index is 0.142. The average Bonchev–Trinajstić information content (AvgIpc) is 2.71. The molecule has 30 heavy (non-hydrogen) atoms. The zero-order valence-electron chi connectivity index (χ0n) is 17.8. The Morgan fingerprint density at radius 1 is 1.00 bits per heavy atom. The molecule has 1 amide bonds. The van der Waals surface area contributed by atoms with Crippen LogP contribution < -0.4 is 19.6 Å². The van der Waals surface area contributed by atoms with E-state index in [0.717, 1.165) is 0 Å². The zero-order chi connectivity index (χ0) is 22.5. The van der Waals surface area contributed by atoms with Gasteiger partial charge in [-0.2, -0.15) is 5.10 Å². The third-order valence-corrected chi connectivity index (χ3v) is 6.87. The summed E-state index contributed by atoms with van der Waals surface area (Å²) in [5.74, 6) is 0.489. The van der Waals surface area contributed by atoms with Crippen molar-refractivity contribution in [2.45, 2.75) is 30.4 Å². The van der Waals surface area contributed by atoms with E-state index < -0.39 is 20.5 Å². The van der Waals surface area contributed by atoms with Gasteiger partial charge in [0, 0.05) is 11.1 Å². The Hall–Kier alpha value is -3.07. The number of carbonyl (C=O) groups is 1. The number of hydrogen-bond acceptors (Lipinski definition) is 7. The summed E-state index contributed by atoms with van der Waals surface area (Å²) in [4.78, 5) is 12.7. The molecule has 1 N–H and O–H groups in total. The number of hydrazone groups is 1. The lowest BCUT2D eigenvalue weighted by atomic mass is 10.1. The van der Waals surface area contributed by atoms with Gasteiger partial charge < -0.3 is 14.2 Å². The molecule has 9 heteroatoms. The van der Waals surface area contributed by atoms with E-state index in [1.165, 1.54) is 45.7 Å². The molecule has 162 valence electrons. The van der Waals surface area contributed by atoms with Crippen molar-refractivity contribution in [3.8, 4) is 17.2 Å². The molecule has 2 rings (SSSR count). The van der Waals surface area contributed by atoms with E-state index in [-0.39, 0.29) is 10.5 Å². The summed E-state index contributed by atoms with van der Waals surface area (Å²) in [6.45, 7) is 4.88. The van der Waals surface area contributed by atoms with E-state index in [2.05, 4.69) is 10.5 Å². The lowest BCUT2D eigenvalue weighted by Crippen LogP contribution is -2.28. The Balaban J connectivity index is 2.31. The second-order valence-electron chi connectivity index (χ2n) is 7.27. The summed E-state index contributed by atoms with van der Waals surface area (Å²) in [7, 11) is 0.776. The predicted octanol–water partition coefficient (Wildman–Crippen LogP) is 3.05. The highest BCUT2D eigenvalue weighted by molar-refractivity contribution is 7.92. The molecule has 0 unspecified atom stereocenters. The lowest BCUT2D eigenvalue weighted by molar-refractivity contribution is 0.0954. The van der Waals surface area contributed by atoms with Crippen LogP contribution in [0.25, 0.3) is 0 Å². The highest BCUT2D eigenvalue weighted by Gasteiger charge is 2.32. The van der Waals surface area contributed by atoms with Crippen LogP contribution in [0.1, 0.15) is 36.7 Å². The number of amides is 1. The number of benzene rings is 2. The number of ether oxygens (including phenoxy) is 3. The number of hydrogen-bond donors (Lipinski definition) is 1. The van der Waals surface area contributed by atoms with Gasteiger partial charge in [-0.05, 0) is 39.0 Å². The van der Waals surface area contributed by atoms with Crippen LogP contribution in [-0.4, -0.2) is 46.6 Å². The van der Waals surface area contributed by atoms with Crippen LogP contribution in [0, 0.1) is 0 Å². The van der Waals surface area contributed by atoms with Gasteiger partial charge in [0.25, 0.3) is 5.91 Å². The van der Waals surface area contributed by atoms with Crippen LogP contribution in [-0.2, 0) is 9.84 Å². The first-order valence-corrected chi connectivity index (χ1v) is 10.5. The fourth-order valence-electron chi connectivity index (χ4n) is 2.60. The number of carbonyl (C=O) groups excluding carboxylic acids is 1. The molecule has 0 saturated heterocycles. The fraction of sp³-hybridized carbons (Fsp3) is 0.333. The van der Waals surface area contributed by atoms with Gasteiger partial charge >= 0.3 is 0 Å². The van der Waals surface area contributed by atoms with E-state index in [4.69, 9.17) is 14.2 Å². The summed E-state index contributed by atoms with van der Waals surface area (Å²) >= 11 is 0. The standard InChI is InChI=1S/C21H26N2O6S/c1-21(2,3)30(25,26)18-10-8-7-9-14(18)13-22-23-20(24)15-11-16(27-4)19(29-6)17(12-15)28-5/h7-13H,1-6H3,(H,23,24). The number of sulfone groups is 1. The maximum Gasteiger partial charge on any atom is 0.271 e. The molecule has 0 aromatic heterocycles. The van der Waals surface area contributed by atoms with Gasteiger partial charge in [0.15, 0.2) is 21.3 Å². The highest BCUT2D eigenvalue weighted by Crippen LogP contribution is 2.38. The van der Waals surface area contributed by atoms with Crippen molar-refractivity contribution in [2.24, 2.45) is 5.10 Å². The monoisotopic (exact) mass is 434 g/mol. The van der Waals surface area contributed by atoms with Gasteiger partial charge in [0.1, 0.15) is 0 Å². The molecule has 8 nitrogen and oxygen atoms in total. The summed E-state index contributed by atoms with van der Waals surface area (Å²) in [6, 6.07) is 9.46. The first kappa shape index (κ1) is 23.2. The van der Waals surface area contributed by atoms with E-state index in [0.29, 0.717) is 22.8 Å². The Labute approximate surface area is 176 Å². The molecular formula is C21H26N2O6S. The second-order valence-corrected chi connectivity index (χ2v) is 9.94. The minimum Gasteiger partial charge on any atom is -0.493 e. The highest BCUT2D eigenvalue weighted by atomic mass is 32.2. The van der Waals surface area contributed by atoms with Gasteiger partial charge in [-0.1, -0.05) is 18.2 Å². The molecular weight excluding hydrogens is 408 g/mol. The van der Waals surface area contributed by atoms with Crippen LogP contribution in [0.4, 0.5) is 0 Å². The molecule has 0 aliphatic heterocycles. The maximum absolute atomic E-state index is 12.8. The molecule has 0 aliphatic carbocycles. The second kappa shape index (κ2) is 9.17. The van der Waals surface area contributed by atoms with Crippen LogP contribution in [0.3, 0.4) is 0 Å². The SMILES string of the molecule is COc1cc(C(=O)NN=Cc2ccccc2S(=O)(=O)C(C)(C)C)cc(OC)c1OC. The molecule has 0 bridgehead atoms. The smallest absolute Gasteiger partial charge is 0.271 e. The largest absolute Gasteiger partial charge is 0.493 e. The Bertz CT molecular complexity index is 1030. The number of nitrogens with zero attached hydrogens (tertiary/aromatic N) is 1. The van der Waals surface area contributed by atoms with Crippen molar-refractivity contribution >= 4 is 22.0 Å². The molecule has 0 radical (unpaired) electrons. The third-order valence-electron chi connectivity index (χ3n) is 4.31. The number of nitrogens with one attached hydrogen (secondary N) is 1. The molecule has 0 heterocycles. The van der Waals surface area contributed by atoms with E-state index in [1.54, 1.807) is 39.0 Å². The van der Waals surface area contributed by atoms with Gasteiger partial charge in [-0.15, -0.1) is 0 Å². The Kier molecular flexibility index (Phi) is 7.09. The topological polar surface area (TPSA) is 103 Å². The van der Waals surface area contributed by atoms with Crippen LogP contribution >= 0.6 is 0 Å². The first-order chi connectivity index (χ1) is 14.1. The summed E-state index contributed by atoms with van der Waals surface area (Å²) in [6.07, 6.45) is 1.30. The molecule has 0 atom stereocenters. The van der Waals surface area contributed by atoms with Crippen molar-refractivity contribution in [3.63, 3.8) is 0 Å². The lowest BCUT2D eigenvalue weighted by Gasteiger charge is -2.20. The molecule has 0 saturated carbocycles. The van der Waals surface area contributed by atoms with Gasteiger partial charge in [-0.25, -0.2) is 13.8 Å². The fourth-order valence-corrected chi connectivity index (χ4v) is 3.95. The van der Waals surface area contributed by atoms with Crippen LogP contribution in [0.2, 0.25) is 0 Å². The van der Waals surface area contributed by atoms with Crippen LogP contribution in [0.15, 0.2) is 46.4 Å². The molecule has 2 aromatic carbocycles. The third kappa shape index (κ3) is 4.73. The van der Waals surface area contributed by atoms with Crippen molar-refractivity contribution in [3.05, 3.63) is 47.5 Å². The average molecular weight is 435 g/mol. The van der Waals surface area contributed by atoms with Gasteiger partial charge in [0.2, 0.25) is 5.75 Å². The Morgan fingerprint density at radius 2 is 1.57 bits per heavy atom. The normalized spacial score (nSPS) is 11.9. The van der Waals surface area contributed by atoms with Crippen molar-refractivity contribution in [1.29, 1.82) is 0 Å². The summed E-state index contributed by atoms with van der Waals surface area (Å²) in [5, 5.41) is 3.93. The van der Waals surface area contributed by atoms with Crippen molar-refractivity contribution < 1.29 is 27.4 Å². The van der Waals surface area contributed by atoms with Crippen molar-refractivity contribution in [1.82, 2.24) is 5.43 Å². The van der Waals surface area contributed by atoms with E-state index >= 15 is 0 Å². The maximum atomic E-state index is 12.8. The quantitative estimate of drug-likeness (QED) is 0.531. The summed E-state index contributed by atoms with van der Waals surface area (Å²) in [5.41, 5.74) is 3.00.